The van der Waals surface area contributed by atoms with Gasteiger partial charge >= 0.3 is 0 Å². The van der Waals surface area contributed by atoms with Crippen molar-refractivity contribution in [2.75, 3.05) is 26.2 Å². The zero-order chi connectivity index (χ0) is 24.0. The molecular formula is C27H36N4O2S. The molecule has 0 bridgehead atoms. The Labute approximate surface area is 204 Å². The summed E-state index contributed by atoms with van der Waals surface area (Å²) in [6.45, 7) is 8.15. The number of hydrogen-bond acceptors (Lipinski definition) is 5. The summed E-state index contributed by atoms with van der Waals surface area (Å²) in [7, 11) is -3.59. The lowest BCUT2D eigenvalue weighted by Gasteiger charge is -2.36. The van der Waals surface area contributed by atoms with Gasteiger partial charge < -0.3 is 15.1 Å². The summed E-state index contributed by atoms with van der Waals surface area (Å²) < 4.78 is 29.0. The highest BCUT2D eigenvalue weighted by molar-refractivity contribution is 7.89. The van der Waals surface area contributed by atoms with E-state index in [1.807, 2.05) is 36.4 Å². The largest absolute Gasteiger partial charge is 0.360 e. The number of hydrogen-bond donors (Lipinski definition) is 2. The van der Waals surface area contributed by atoms with Gasteiger partial charge in [-0.15, -0.1) is 0 Å². The third-order valence-corrected chi connectivity index (χ3v) is 8.17. The zero-order valence-corrected chi connectivity index (χ0v) is 21.0. The van der Waals surface area contributed by atoms with Gasteiger partial charge in [0.05, 0.1) is 4.90 Å². The molecule has 2 aromatic rings. The fourth-order valence-corrected chi connectivity index (χ4v) is 6.04. The van der Waals surface area contributed by atoms with Crippen molar-refractivity contribution < 1.29 is 8.42 Å². The van der Waals surface area contributed by atoms with Crippen molar-refractivity contribution in [3.05, 3.63) is 90.0 Å². The average Bonchev–Trinajstić information content (AvgIpc) is 2.87. The van der Waals surface area contributed by atoms with Gasteiger partial charge in [0, 0.05) is 42.3 Å². The topological polar surface area (TPSA) is 64.7 Å². The van der Waals surface area contributed by atoms with E-state index in [1.165, 1.54) is 11.4 Å². The Balaban J connectivity index is 1.37. The molecule has 1 saturated heterocycles. The molecule has 2 aromatic carbocycles. The monoisotopic (exact) mass is 480 g/mol. The van der Waals surface area contributed by atoms with Crippen LogP contribution < -0.4 is 10.0 Å². The standard InChI is InChI=1S/C27H36N4O2S/c1-3-30-20-22(2)28-27(21-30)24-14-17-31(18-15-24)19-16-26(23-10-6-4-7-11-23)29-34(32,33)25-12-8-5-9-13-25/h4-13,20-21,24,26,28-29H,3,14-19H2,1-2H3/t26-/m1/s1. The molecule has 4 rings (SSSR count). The van der Waals surface area contributed by atoms with Gasteiger partial charge in [0.2, 0.25) is 10.0 Å². The molecule has 0 radical (unpaired) electrons. The Kier molecular flexibility index (Phi) is 8.08. The summed E-state index contributed by atoms with van der Waals surface area (Å²) in [5, 5.41) is 3.56. The lowest BCUT2D eigenvalue weighted by Crippen LogP contribution is -2.39. The molecule has 34 heavy (non-hydrogen) atoms. The van der Waals surface area contributed by atoms with Gasteiger partial charge in [-0.25, -0.2) is 13.1 Å². The lowest BCUT2D eigenvalue weighted by atomic mass is 9.92. The van der Waals surface area contributed by atoms with Crippen LogP contribution in [0.5, 0.6) is 0 Å². The summed E-state index contributed by atoms with van der Waals surface area (Å²) in [5.41, 5.74) is 3.51. The van der Waals surface area contributed by atoms with Crippen LogP contribution in [0.3, 0.4) is 0 Å². The molecule has 0 aromatic heterocycles. The Hall–Kier alpha value is -2.61. The van der Waals surface area contributed by atoms with Crippen LogP contribution in [0.4, 0.5) is 0 Å². The van der Waals surface area contributed by atoms with Crippen molar-refractivity contribution in [3.63, 3.8) is 0 Å². The SMILES string of the molecule is CCN1C=C(C)NC(C2CCN(CC[C@@H](NS(=O)(=O)c3ccccc3)c3ccccc3)CC2)=C1. The van der Waals surface area contributed by atoms with Gasteiger partial charge in [-0.05, 0) is 70.4 Å². The summed E-state index contributed by atoms with van der Waals surface area (Å²) in [4.78, 5) is 5.01. The summed E-state index contributed by atoms with van der Waals surface area (Å²) in [6, 6.07) is 18.2. The van der Waals surface area contributed by atoms with Crippen LogP contribution in [0.15, 0.2) is 89.4 Å². The molecule has 1 atom stereocenters. The molecule has 7 heteroatoms. The first-order valence-corrected chi connectivity index (χ1v) is 13.7. The van der Waals surface area contributed by atoms with Crippen LogP contribution in [0.2, 0.25) is 0 Å². The predicted molar refractivity (Wildman–Crippen MR) is 137 cm³/mol. The van der Waals surface area contributed by atoms with Crippen LogP contribution in [0.1, 0.15) is 44.7 Å². The first-order chi connectivity index (χ1) is 16.4. The molecule has 182 valence electrons. The molecule has 0 amide bonds. The molecule has 0 unspecified atom stereocenters. The van der Waals surface area contributed by atoms with Crippen molar-refractivity contribution in [3.8, 4) is 0 Å². The van der Waals surface area contributed by atoms with E-state index in [9.17, 15) is 8.42 Å². The second-order valence-corrected chi connectivity index (χ2v) is 10.9. The fraction of sp³-hybridized carbons (Fsp3) is 0.407. The number of piperidine rings is 1. The van der Waals surface area contributed by atoms with Crippen LogP contribution in [-0.4, -0.2) is 44.4 Å². The average molecular weight is 481 g/mol. The highest BCUT2D eigenvalue weighted by atomic mass is 32.2. The van der Waals surface area contributed by atoms with Crippen molar-refractivity contribution >= 4 is 10.0 Å². The number of sulfonamides is 1. The Morgan fingerprint density at radius 3 is 2.29 bits per heavy atom. The highest BCUT2D eigenvalue weighted by Crippen LogP contribution is 2.27. The van der Waals surface area contributed by atoms with Gasteiger partial charge in [-0.1, -0.05) is 48.5 Å². The first-order valence-electron chi connectivity index (χ1n) is 12.2. The Bertz CT molecular complexity index is 1090. The third-order valence-electron chi connectivity index (χ3n) is 6.69. The van der Waals surface area contributed by atoms with Gasteiger partial charge in [0.25, 0.3) is 0 Å². The first kappa shape index (κ1) is 24.5. The van der Waals surface area contributed by atoms with Crippen LogP contribution in [-0.2, 0) is 10.0 Å². The van der Waals surface area contributed by atoms with Crippen molar-refractivity contribution in [1.82, 2.24) is 19.8 Å². The van der Waals surface area contributed by atoms with E-state index in [-0.39, 0.29) is 6.04 Å². The molecule has 0 spiro atoms. The van der Waals surface area contributed by atoms with Crippen molar-refractivity contribution in [2.24, 2.45) is 5.92 Å². The van der Waals surface area contributed by atoms with E-state index >= 15 is 0 Å². The van der Waals surface area contributed by atoms with E-state index in [1.54, 1.807) is 24.3 Å². The number of allylic oxidation sites excluding steroid dienone is 2. The summed E-state index contributed by atoms with van der Waals surface area (Å²) in [6.07, 6.45) is 7.34. The second-order valence-electron chi connectivity index (χ2n) is 9.15. The minimum absolute atomic E-state index is 0.266. The van der Waals surface area contributed by atoms with Crippen LogP contribution in [0, 0.1) is 5.92 Å². The zero-order valence-electron chi connectivity index (χ0n) is 20.2. The summed E-state index contributed by atoms with van der Waals surface area (Å²) in [5.74, 6) is 0.537. The van der Waals surface area contributed by atoms with E-state index in [2.05, 4.69) is 46.1 Å². The molecule has 2 N–H and O–H groups in total. The summed E-state index contributed by atoms with van der Waals surface area (Å²) >= 11 is 0. The minimum atomic E-state index is -3.59. The van der Waals surface area contributed by atoms with Crippen molar-refractivity contribution in [2.45, 2.75) is 44.0 Å². The minimum Gasteiger partial charge on any atom is -0.360 e. The molecule has 2 aliphatic heterocycles. The van der Waals surface area contributed by atoms with E-state index in [0.29, 0.717) is 10.8 Å². The molecular weight excluding hydrogens is 444 g/mol. The smallest absolute Gasteiger partial charge is 0.241 e. The maximum atomic E-state index is 13.0. The molecule has 0 aliphatic carbocycles. The number of rotatable bonds is 9. The van der Waals surface area contributed by atoms with E-state index < -0.39 is 10.0 Å². The van der Waals surface area contributed by atoms with Crippen LogP contribution in [0.25, 0.3) is 0 Å². The van der Waals surface area contributed by atoms with E-state index in [4.69, 9.17) is 0 Å². The Morgan fingerprint density at radius 1 is 1.00 bits per heavy atom. The molecule has 6 nitrogen and oxygen atoms in total. The number of nitrogens with one attached hydrogen (secondary N) is 2. The van der Waals surface area contributed by atoms with Gasteiger partial charge in [-0.2, -0.15) is 0 Å². The molecule has 2 aliphatic rings. The van der Waals surface area contributed by atoms with E-state index in [0.717, 1.165) is 51.0 Å². The molecule has 1 fully saturated rings. The molecule has 0 saturated carbocycles. The van der Waals surface area contributed by atoms with Gasteiger partial charge in [0.1, 0.15) is 0 Å². The van der Waals surface area contributed by atoms with Gasteiger partial charge in [-0.3, -0.25) is 0 Å². The van der Waals surface area contributed by atoms with Crippen molar-refractivity contribution in [1.29, 1.82) is 0 Å². The van der Waals surface area contributed by atoms with Crippen LogP contribution >= 0.6 is 0 Å². The predicted octanol–water partition coefficient (Wildman–Crippen LogP) is 4.44. The number of likely N-dealkylation sites (tertiary alicyclic amines) is 1. The maximum absolute atomic E-state index is 13.0. The maximum Gasteiger partial charge on any atom is 0.241 e. The highest BCUT2D eigenvalue weighted by Gasteiger charge is 2.26. The quantitative estimate of drug-likeness (QED) is 0.556. The third kappa shape index (κ3) is 6.29. The number of benzene rings is 2. The number of nitrogens with zero attached hydrogens (tertiary/aromatic N) is 2. The van der Waals surface area contributed by atoms with Gasteiger partial charge in [0.15, 0.2) is 0 Å². The molecule has 2 heterocycles. The Morgan fingerprint density at radius 2 is 1.65 bits per heavy atom. The normalized spacial score (nSPS) is 18.7. The fourth-order valence-electron chi connectivity index (χ4n) is 4.76. The second kappa shape index (κ2) is 11.2. The lowest BCUT2D eigenvalue weighted by molar-refractivity contribution is 0.188.